The fourth-order valence-electron chi connectivity index (χ4n) is 3.49. The monoisotopic (exact) mass is 391 g/mol. The Kier molecular flexibility index (Phi) is 6.32. The molecule has 1 fully saturated rings. The van der Waals surface area contributed by atoms with Crippen LogP contribution in [-0.4, -0.2) is 21.9 Å². The maximum atomic E-state index is 12.7. The van der Waals surface area contributed by atoms with Crippen LogP contribution in [0.3, 0.4) is 0 Å². The number of benzene rings is 3. The van der Waals surface area contributed by atoms with Crippen LogP contribution in [-0.2, 0) is 24.4 Å². The van der Waals surface area contributed by atoms with Crippen molar-refractivity contribution in [2.24, 2.45) is 0 Å². The maximum absolute atomic E-state index is 12.7. The predicted molar refractivity (Wildman–Crippen MR) is 114 cm³/mol. The van der Waals surface area contributed by atoms with E-state index in [2.05, 4.69) is 36.4 Å². The SMILES string of the molecule is [O-][S+](c1cccc(COc2cccc(Cc3ccccc3)c2)c1)N1CCCC1. The van der Waals surface area contributed by atoms with Gasteiger partial charge in [-0.3, -0.25) is 0 Å². The Balaban J connectivity index is 1.39. The molecule has 0 spiro atoms. The summed E-state index contributed by atoms with van der Waals surface area (Å²) in [6.45, 7) is 2.31. The molecule has 0 radical (unpaired) electrons. The molecule has 144 valence electrons. The van der Waals surface area contributed by atoms with Crippen LogP contribution in [0.2, 0.25) is 0 Å². The second-order valence-electron chi connectivity index (χ2n) is 7.13. The molecule has 4 heteroatoms. The third kappa shape index (κ3) is 4.96. The minimum atomic E-state index is -1.07. The van der Waals surface area contributed by atoms with Crippen molar-refractivity contribution in [3.8, 4) is 5.75 Å². The lowest BCUT2D eigenvalue weighted by molar-refractivity contribution is 0.305. The molecule has 28 heavy (non-hydrogen) atoms. The van der Waals surface area contributed by atoms with Gasteiger partial charge in [0.1, 0.15) is 12.4 Å². The van der Waals surface area contributed by atoms with E-state index in [0.29, 0.717) is 6.61 Å². The summed E-state index contributed by atoms with van der Waals surface area (Å²) in [5, 5.41) is 0. The van der Waals surface area contributed by atoms with Gasteiger partial charge in [-0.1, -0.05) is 54.6 Å². The van der Waals surface area contributed by atoms with Crippen LogP contribution in [0.1, 0.15) is 29.5 Å². The Morgan fingerprint density at radius 2 is 1.50 bits per heavy atom. The molecule has 1 aliphatic heterocycles. The van der Waals surface area contributed by atoms with Crippen LogP contribution in [0.4, 0.5) is 0 Å². The van der Waals surface area contributed by atoms with E-state index in [1.807, 2.05) is 46.8 Å². The molecule has 3 aromatic rings. The molecule has 1 saturated heterocycles. The third-order valence-corrected chi connectivity index (χ3v) is 6.45. The van der Waals surface area contributed by atoms with Crippen molar-refractivity contribution >= 4 is 11.4 Å². The summed E-state index contributed by atoms with van der Waals surface area (Å²) < 4.78 is 20.8. The molecule has 1 unspecified atom stereocenters. The Bertz CT molecular complexity index is 894. The summed E-state index contributed by atoms with van der Waals surface area (Å²) in [6.07, 6.45) is 3.16. The van der Waals surface area contributed by atoms with E-state index >= 15 is 0 Å². The first-order valence-corrected chi connectivity index (χ1v) is 10.9. The zero-order valence-corrected chi connectivity index (χ0v) is 16.7. The van der Waals surface area contributed by atoms with E-state index in [0.717, 1.165) is 48.6 Å². The van der Waals surface area contributed by atoms with Gasteiger partial charge in [0.2, 0.25) is 0 Å². The highest BCUT2D eigenvalue weighted by Crippen LogP contribution is 2.23. The molecule has 0 aliphatic carbocycles. The van der Waals surface area contributed by atoms with Crippen molar-refractivity contribution in [3.05, 3.63) is 95.6 Å². The number of nitrogens with zero attached hydrogens (tertiary/aromatic N) is 1. The van der Waals surface area contributed by atoms with E-state index in [9.17, 15) is 4.55 Å². The Labute approximate surface area is 170 Å². The summed E-state index contributed by atoms with van der Waals surface area (Å²) in [7, 11) is 0. The summed E-state index contributed by atoms with van der Waals surface area (Å²) >= 11 is -1.07. The van der Waals surface area contributed by atoms with Gasteiger partial charge >= 0.3 is 0 Å². The van der Waals surface area contributed by atoms with Crippen LogP contribution < -0.4 is 4.74 Å². The fraction of sp³-hybridized carbons (Fsp3) is 0.250. The molecule has 1 heterocycles. The van der Waals surface area contributed by atoms with E-state index < -0.39 is 11.4 Å². The fourth-order valence-corrected chi connectivity index (χ4v) is 4.83. The van der Waals surface area contributed by atoms with Crippen molar-refractivity contribution in [3.63, 3.8) is 0 Å². The summed E-state index contributed by atoms with van der Waals surface area (Å²) in [5.41, 5.74) is 3.56. The first-order chi connectivity index (χ1) is 13.8. The van der Waals surface area contributed by atoms with Crippen molar-refractivity contribution in [1.82, 2.24) is 4.31 Å². The zero-order valence-electron chi connectivity index (χ0n) is 15.9. The topological polar surface area (TPSA) is 35.5 Å². The van der Waals surface area contributed by atoms with Gasteiger partial charge in [-0.25, -0.2) is 0 Å². The second-order valence-corrected chi connectivity index (χ2v) is 8.62. The quantitative estimate of drug-likeness (QED) is 0.533. The van der Waals surface area contributed by atoms with Crippen molar-refractivity contribution in [2.75, 3.05) is 13.1 Å². The average Bonchev–Trinajstić information content (AvgIpc) is 3.28. The second kappa shape index (κ2) is 9.28. The smallest absolute Gasteiger partial charge is 0.174 e. The largest absolute Gasteiger partial charge is 0.593 e. The molecule has 3 nitrogen and oxygen atoms in total. The molecular formula is C24H25NO2S. The van der Waals surface area contributed by atoms with Gasteiger partial charge in [-0.05, 0) is 54.2 Å². The molecule has 3 aromatic carbocycles. The number of hydrogen-bond acceptors (Lipinski definition) is 3. The molecule has 0 bridgehead atoms. The lowest BCUT2D eigenvalue weighted by Gasteiger charge is -2.19. The number of ether oxygens (including phenoxy) is 1. The Morgan fingerprint density at radius 1 is 0.786 bits per heavy atom. The van der Waals surface area contributed by atoms with E-state index in [1.165, 1.54) is 11.1 Å². The summed E-state index contributed by atoms with van der Waals surface area (Å²) in [4.78, 5) is 0.862. The van der Waals surface area contributed by atoms with Crippen LogP contribution >= 0.6 is 0 Å². The van der Waals surface area contributed by atoms with Crippen LogP contribution in [0.25, 0.3) is 0 Å². The highest BCUT2D eigenvalue weighted by Gasteiger charge is 2.25. The highest BCUT2D eigenvalue weighted by atomic mass is 32.2. The van der Waals surface area contributed by atoms with E-state index in [-0.39, 0.29) is 0 Å². The first-order valence-electron chi connectivity index (χ1n) is 9.79. The maximum Gasteiger partial charge on any atom is 0.174 e. The van der Waals surface area contributed by atoms with Gasteiger partial charge in [0.05, 0.1) is 11.4 Å². The van der Waals surface area contributed by atoms with Crippen molar-refractivity contribution < 1.29 is 9.29 Å². The number of rotatable bonds is 7. The van der Waals surface area contributed by atoms with Crippen LogP contribution in [0.15, 0.2) is 83.8 Å². The lowest BCUT2D eigenvalue weighted by atomic mass is 10.1. The molecule has 4 rings (SSSR count). The minimum Gasteiger partial charge on any atom is -0.593 e. The van der Waals surface area contributed by atoms with Gasteiger partial charge < -0.3 is 9.29 Å². The first kappa shape index (κ1) is 19.1. The third-order valence-electron chi connectivity index (χ3n) is 4.95. The zero-order chi connectivity index (χ0) is 19.2. The molecule has 1 aliphatic rings. The summed E-state index contributed by atoms with van der Waals surface area (Å²) in [6, 6.07) is 26.6. The molecule has 0 amide bonds. The Hall–Kier alpha value is -2.27. The highest BCUT2D eigenvalue weighted by molar-refractivity contribution is 7.89. The molecule has 0 N–H and O–H groups in total. The normalized spacial score (nSPS) is 15.5. The Morgan fingerprint density at radius 3 is 2.32 bits per heavy atom. The van der Waals surface area contributed by atoms with Crippen molar-refractivity contribution in [1.29, 1.82) is 0 Å². The van der Waals surface area contributed by atoms with Crippen molar-refractivity contribution in [2.45, 2.75) is 30.8 Å². The molecule has 0 saturated carbocycles. The minimum absolute atomic E-state index is 0.472. The lowest BCUT2D eigenvalue weighted by Crippen LogP contribution is -2.27. The predicted octanol–water partition coefficient (Wildman–Crippen LogP) is 4.97. The van der Waals surface area contributed by atoms with Gasteiger partial charge in [0.15, 0.2) is 4.90 Å². The van der Waals surface area contributed by atoms with Crippen LogP contribution in [0.5, 0.6) is 5.75 Å². The number of hydrogen-bond donors (Lipinski definition) is 0. The average molecular weight is 392 g/mol. The molecular weight excluding hydrogens is 366 g/mol. The molecule has 1 atom stereocenters. The van der Waals surface area contributed by atoms with Gasteiger partial charge in [-0.2, -0.15) is 0 Å². The summed E-state index contributed by atoms with van der Waals surface area (Å²) in [5.74, 6) is 0.861. The molecule has 0 aromatic heterocycles. The van der Waals surface area contributed by atoms with Crippen LogP contribution in [0, 0.1) is 0 Å². The van der Waals surface area contributed by atoms with E-state index in [4.69, 9.17) is 4.74 Å². The standard InChI is InChI=1S/C24H25NO2S/c26-28(25-14-4-5-15-25)24-13-7-11-22(18-24)19-27-23-12-6-10-21(17-23)16-20-8-2-1-3-9-20/h1-3,6-13,17-18H,4-5,14-16,19H2. The van der Waals surface area contributed by atoms with E-state index in [1.54, 1.807) is 0 Å². The van der Waals surface area contributed by atoms with Gasteiger partial charge in [0.25, 0.3) is 0 Å². The van der Waals surface area contributed by atoms with Gasteiger partial charge in [-0.15, -0.1) is 4.31 Å². The van der Waals surface area contributed by atoms with Gasteiger partial charge in [0, 0.05) is 19.2 Å².